The quantitative estimate of drug-likeness (QED) is 0.672. The molecule has 0 aromatic carbocycles. The average molecular weight is 271 g/mol. The summed E-state index contributed by atoms with van der Waals surface area (Å²) in [5.41, 5.74) is 4.87. The molecule has 0 aliphatic carbocycles. The molecule has 1 amide bonds. The van der Waals surface area contributed by atoms with Gasteiger partial charge in [-0.3, -0.25) is 4.79 Å². The van der Waals surface area contributed by atoms with Crippen LogP contribution in [0.3, 0.4) is 0 Å². The highest BCUT2D eigenvalue weighted by molar-refractivity contribution is 7.09. The maximum atomic E-state index is 11.8. The van der Waals surface area contributed by atoms with Crippen LogP contribution in [0.4, 0.5) is 0 Å². The van der Waals surface area contributed by atoms with Crippen LogP contribution in [0.1, 0.15) is 21.9 Å². The molecule has 1 fully saturated rings. The number of ether oxygens (including phenoxy) is 1. The Balaban J connectivity index is 1.87. The summed E-state index contributed by atoms with van der Waals surface area (Å²) < 4.78 is 5.11. The van der Waals surface area contributed by atoms with Gasteiger partial charge in [-0.25, -0.2) is 4.98 Å². The summed E-state index contributed by atoms with van der Waals surface area (Å²) in [5, 5.41) is 15.2. The molecule has 0 saturated carbocycles. The van der Waals surface area contributed by atoms with Gasteiger partial charge in [0.15, 0.2) is 0 Å². The molecule has 2 heterocycles. The van der Waals surface area contributed by atoms with Gasteiger partial charge in [0.25, 0.3) is 5.91 Å². The fraction of sp³-hybridized carbons (Fsp3) is 0.636. The summed E-state index contributed by atoms with van der Waals surface area (Å²) in [7, 11) is 0. The molecule has 0 bridgehead atoms. The van der Waals surface area contributed by atoms with E-state index in [1.165, 1.54) is 11.3 Å². The fourth-order valence-corrected chi connectivity index (χ4v) is 2.52. The van der Waals surface area contributed by atoms with Crippen LogP contribution in [-0.4, -0.2) is 47.9 Å². The van der Waals surface area contributed by atoms with Crippen LogP contribution >= 0.6 is 11.3 Å². The van der Waals surface area contributed by atoms with Crippen LogP contribution in [0.2, 0.25) is 0 Å². The van der Waals surface area contributed by atoms with Crippen molar-refractivity contribution >= 4 is 17.2 Å². The van der Waals surface area contributed by atoms with Crippen LogP contribution in [0.15, 0.2) is 5.38 Å². The molecule has 1 aliphatic heterocycles. The van der Waals surface area contributed by atoms with Crippen LogP contribution in [0.25, 0.3) is 0 Å². The number of hydrogen-bond donors (Lipinski definition) is 3. The molecule has 0 radical (unpaired) electrons. The number of hydrogen-bond acceptors (Lipinski definition) is 6. The van der Waals surface area contributed by atoms with E-state index in [0.717, 1.165) is 5.01 Å². The van der Waals surface area contributed by atoms with Crippen LogP contribution < -0.4 is 11.1 Å². The Morgan fingerprint density at radius 3 is 3.22 bits per heavy atom. The molecule has 4 N–H and O–H groups in total. The Morgan fingerprint density at radius 2 is 2.56 bits per heavy atom. The highest BCUT2D eigenvalue weighted by atomic mass is 32.1. The highest BCUT2D eigenvalue weighted by Crippen LogP contribution is 2.17. The van der Waals surface area contributed by atoms with Crippen molar-refractivity contribution in [1.82, 2.24) is 10.3 Å². The standard InChI is InChI=1S/C11H17N3O3S/c12-3-1-9-14-8(5-18-9)10(15)13-6-11(16)2-4-17-7-11/h5,16H,1-4,6-7,12H2,(H,13,15). The Bertz CT molecular complexity index is 415. The van der Waals surface area contributed by atoms with Gasteiger partial charge >= 0.3 is 0 Å². The average Bonchev–Trinajstić information content (AvgIpc) is 2.97. The van der Waals surface area contributed by atoms with E-state index in [1.54, 1.807) is 5.38 Å². The van der Waals surface area contributed by atoms with Crippen LogP contribution in [-0.2, 0) is 11.2 Å². The molecule has 1 aliphatic rings. The predicted molar refractivity (Wildman–Crippen MR) is 67.6 cm³/mol. The molecule has 0 spiro atoms. The lowest BCUT2D eigenvalue weighted by atomic mass is 10.0. The van der Waals surface area contributed by atoms with E-state index in [2.05, 4.69) is 10.3 Å². The second-order valence-electron chi connectivity index (χ2n) is 4.37. The molecule has 100 valence electrons. The molecule has 7 heteroatoms. The zero-order chi connectivity index (χ0) is 13.0. The number of aromatic nitrogens is 1. The minimum atomic E-state index is -0.939. The lowest BCUT2D eigenvalue weighted by Gasteiger charge is -2.20. The van der Waals surface area contributed by atoms with Crippen molar-refractivity contribution in [3.05, 3.63) is 16.1 Å². The normalized spacial score (nSPS) is 23.2. The van der Waals surface area contributed by atoms with E-state index in [1.807, 2.05) is 0 Å². The third-order valence-electron chi connectivity index (χ3n) is 2.80. The zero-order valence-corrected chi connectivity index (χ0v) is 10.8. The number of nitrogens with two attached hydrogens (primary N) is 1. The maximum Gasteiger partial charge on any atom is 0.270 e. The Kier molecular flexibility index (Phi) is 4.28. The smallest absolute Gasteiger partial charge is 0.270 e. The van der Waals surface area contributed by atoms with Gasteiger partial charge in [-0.1, -0.05) is 0 Å². The van der Waals surface area contributed by atoms with Crippen LogP contribution in [0, 0.1) is 0 Å². The minimum Gasteiger partial charge on any atom is -0.386 e. The monoisotopic (exact) mass is 271 g/mol. The molecule has 1 aromatic heterocycles. The maximum absolute atomic E-state index is 11.8. The molecule has 18 heavy (non-hydrogen) atoms. The number of nitrogens with one attached hydrogen (secondary N) is 1. The van der Waals surface area contributed by atoms with Gasteiger partial charge in [0.05, 0.1) is 11.6 Å². The first-order chi connectivity index (χ1) is 8.63. The van der Waals surface area contributed by atoms with Gasteiger partial charge in [-0.2, -0.15) is 0 Å². The first kappa shape index (κ1) is 13.4. The summed E-state index contributed by atoms with van der Waals surface area (Å²) in [5.74, 6) is -0.269. The molecular weight excluding hydrogens is 254 g/mol. The number of aliphatic hydroxyl groups is 1. The van der Waals surface area contributed by atoms with Crippen molar-refractivity contribution in [2.75, 3.05) is 26.3 Å². The summed E-state index contributed by atoms with van der Waals surface area (Å²) in [6, 6.07) is 0. The van der Waals surface area contributed by atoms with Crippen molar-refractivity contribution < 1.29 is 14.6 Å². The molecule has 6 nitrogen and oxygen atoms in total. The van der Waals surface area contributed by atoms with E-state index >= 15 is 0 Å². The summed E-state index contributed by atoms with van der Waals surface area (Å²) >= 11 is 1.42. The first-order valence-electron chi connectivity index (χ1n) is 5.86. The molecule has 1 saturated heterocycles. The molecule has 2 rings (SSSR count). The van der Waals surface area contributed by atoms with Gasteiger partial charge in [-0.15, -0.1) is 11.3 Å². The van der Waals surface area contributed by atoms with Crippen molar-refractivity contribution in [1.29, 1.82) is 0 Å². The van der Waals surface area contributed by atoms with Crippen molar-refractivity contribution in [3.63, 3.8) is 0 Å². The lowest BCUT2D eigenvalue weighted by Crippen LogP contribution is -2.43. The van der Waals surface area contributed by atoms with E-state index in [9.17, 15) is 9.90 Å². The fourth-order valence-electron chi connectivity index (χ4n) is 1.72. The first-order valence-corrected chi connectivity index (χ1v) is 6.74. The third kappa shape index (κ3) is 3.26. The molecular formula is C11H17N3O3S. The number of nitrogens with zero attached hydrogens (tertiary/aromatic N) is 1. The van der Waals surface area contributed by atoms with Gasteiger partial charge in [0.2, 0.25) is 0 Å². The van der Waals surface area contributed by atoms with Crippen molar-refractivity contribution in [3.8, 4) is 0 Å². The molecule has 1 atom stereocenters. The topological polar surface area (TPSA) is 97.5 Å². The molecule has 1 aromatic rings. The highest BCUT2D eigenvalue weighted by Gasteiger charge is 2.32. The van der Waals surface area contributed by atoms with Crippen molar-refractivity contribution in [2.45, 2.75) is 18.4 Å². The summed E-state index contributed by atoms with van der Waals surface area (Å²) in [6.07, 6.45) is 1.22. The van der Waals surface area contributed by atoms with Crippen LogP contribution in [0.5, 0.6) is 0 Å². The Morgan fingerprint density at radius 1 is 1.72 bits per heavy atom. The number of rotatable bonds is 5. The van der Waals surface area contributed by atoms with Crippen molar-refractivity contribution in [2.24, 2.45) is 5.73 Å². The minimum absolute atomic E-state index is 0.190. The number of amides is 1. The Labute approximate surface area is 109 Å². The van der Waals surface area contributed by atoms with E-state index in [0.29, 0.717) is 31.7 Å². The van der Waals surface area contributed by atoms with Gasteiger partial charge in [0.1, 0.15) is 11.3 Å². The lowest BCUT2D eigenvalue weighted by molar-refractivity contribution is 0.0264. The van der Waals surface area contributed by atoms with E-state index in [4.69, 9.17) is 10.5 Å². The zero-order valence-electron chi connectivity index (χ0n) is 10.0. The van der Waals surface area contributed by atoms with Gasteiger partial charge in [0, 0.05) is 31.4 Å². The van der Waals surface area contributed by atoms with E-state index < -0.39 is 5.60 Å². The van der Waals surface area contributed by atoms with Gasteiger partial charge in [-0.05, 0) is 6.54 Å². The number of carbonyl (C=O) groups is 1. The second kappa shape index (κ2) is 5.75. The molecule has 1 unspecified atom stereocenters. The van der Waals surface area contributed by atoms with E-state index in [-0.39, 0.29) is 19.1 Å². The Hall–Kier alpha value is -1.02. The number of thiazole rings is 1. The second-order valence-corrected chi connectivity index (χ2v) is 5.32. The summed E-state index contributed by atoms with van der Waals surface area (Å²) in [4.78, 5) is 16.0. The third-order valence-corrected chi connectivity index (χ3v) is 3.71. The van der Waals surface area contributed by atoms with Gasteiger partial charge < -0.3 is 20.9 Å². The predicted octanol–water partition coefficient (Wildman–Crippen LogP) is -0.475. The number of carbonyl (C=O) groups excluding carboxylic acids is 1. The largest absolute Gasteiger partial charge is 0.386 e. The summed E-state index contributed by atoms with van der Waals surface area (Å²) in [6.45, 7) is 1.51. The SMILES string of the molecule is NCCc1nc(C(=O)NCC2(O)CCOC2)cs1.